The van der Waals surface area contributed by atoms with Crippen molar-refractivity contribution < 1.29 is 4.39 Å². The van der Waals surface area contributed by atoms with Crippen LogP contribution in [0.4, 0.5) is 4.39 Å². The third-order valence-corrected chi connectivity index (χ3v) is 2.69. The monoisotopic (exact) mass is 244 g/mol. The van der Waals surface area contributed by atoms with Crippen LogP contribution in [0.25, 0.3) is 11.1 Å². The van der Waals surface area contributed by atoms with Gasteiger partial charge in [-0.05, 0) is 37.1 Å². The van der Waals surface area contributed by atoms with Crippen molar-refractivity contribution in [2.75, 3.05) is 0 Å². The second-order valence-electron chi connectivity index (χ2n) is 4.09. The molecular weight excluding hydrogens is 231 g/mol. The molecule has 0 fully saturated rings. The predicted octanol–water partition coefficient (Wildman–Crippen LogP) is 2.18. The van der Waals surface area contributed by atoms with Crippen molar-refractivity contribution >= 4 is 5.84 Å². The molecule has 5 heteroatoms. The summed E-state index contributed by atoms with van der Waals surface area (Å²) < 4.78 is 13.5. The molecule has 4 nitrogen and oxygen atoms in total. The van der Waals surface area contributed by atoms with Gasteiger partial charge >= 0.3 is 0 Å². The number of halogens is 1. The maximum absolute atomic E-state index is 13.5. The van der Waals surface area contributed by atoms with E-state index < -0.39 is 0 Å². The number of pyridine rings is 2. The largest absolute Gasteiger partial charge is 0.382 e. The molecule has 0 aromatic carbocycles. The summed E-state index contributed by atoms with van der Waals surface area (Å²) in [4.78, 5) is 7.99. The van der Waals surface area contributed by atoms with Crippen LogP contribution in [0.2, 0.25) is 0 Å². The highest BCUT2D eigenvalue weighted by Crippen LogP contribution is 2.25. The molecule has 0 saturated heterocycles. The van der Waals surface area contributed by atoms with E-state index in [1.54, 1.807) is 26.1 Å². The maximum atomic E-state index is 13.5. The van der Waals surface area contributed by atoms with Crippen molar-refractivity contribution in [1.29, 1.82) is 5.41 Å². The van der Waals surface area contributed by atoms with Gasteiger partial charge in [0.25, 0.3) is 0 Å². The van der Waals surface area contributed by atoms with E-state index in [2.05, 4.69) is 9.97 Å². The summed E-state index contributed by atoms with van der Waals surface area (Å²) in [5.41, 5.74) is 8.50. The first-order chi connectivity index (χ1) is 8.49. The Balaban J connectivity index is 2.64. The lowest BCUT2D eigenvalue weighted by atomic mass is 10.0. The second-order valence-corrected chi connectivity index (χ2v) is 4.09. The van der Waals surface area contributed by atoms with Crippen molar-refractivity contribution in [2.45, 2.75) is 13.8 Å². The quantitative estimate of drug-likeness (QED) is 0.628. The number of hydrogen-bond donors (Lipinski definition) is 2. The lowest BCUT2D eigenvalue weighted by molar-refractivity contribution is 0.613. The summed E-state index contributed by atoms with van der Waals surface area (Å²) in [5, 5.41) is 7.41. The van der Waals surface area contributed by atoms with E-state index in [-0.39, 0.29) is 11.7 Å². The molecule has 0 saturated carbocycles. The van der Waals surface area contributed by atoms with Gasteiger partial charge in [-0.15, -0.1) is 0 Å². The highest BCUT2D eigenvalue weighted by Gasteiger charge is 2.10. The highest BCUT2D eigenvalue weighted by molar-refractivity contribution is 5.94. The second kappa shape index (κ2) is 4.52. The van der Waals surface area contributed by atoms with Crippen LogP contribution in [0, 0.1) is 25.1 Å². The van der Waals surface area contributed by atoms with Crippen LogP contribution in [0.1, 0.15) is 17.0 Å². The minimum absolute atomic E-state index is 0.109. The van der Waals surface area contributed by atoms with Gasteiger partial charge in [-0.2, -0.15) is 0 Å². The number of aryl methyl sites for hydroxylation is 1. The SMILES string of the molecule is Cc1cc(-c2cncc(F)c2C)cc(C(=N)N)n1. The normalized spacial score (nSPS) is 10.4. The van der Waals surface area contributed by atoms with E-state index in [4.69, 9.17) is 11.1 Å². The molecule has 3 N–H and O–H groups in total. The molecule has 0 radical (unpaired) electrons. The van der Waals surface area contributed by atoms with E-state index in [1.807, 2.05) is 6.07 Å². The zero-order valence-electron chi connectivity index (χ0n) is 10.2. The van der Waals surface area contributed by atoms with Crippen molar-refractivity contribution in [3.63, 3.8) is 0 Å². The van der Waals surface area contributed by atoms with Gasteiger partial charge in [0.2, 0.25) is 0 Å². The van der Waals surface area contributed by atoms with Gasteiger partial charge in [0.05, 0.1) is 6.20 Å². The Bertz CT molecular complexity index is 622. The van der Waals surface area contributed by atoms with Crippen molar-refractivity contribution in [2.24, 2.45) is 5.73 Å². The summed E-state index contributed by atoms with van der Waals surface area (Å²) in [6.45, 7) is 3.49. The molecule has 2 rings (SSSR count). The van der Waals surface area contributed by atoms with Crippen LogP contribution < -0.4 is 5.73 Å². The molecule has 18 heavy (non-hydrogen) atoms. The topological polar surface area (TPSA) is 75.7 Å². The number of rotatable bonds is 2. The molecule has 2 aromatic heterocycles. The van der Waals surface area contributed by atoms with E-state index in [0.717, 1.165) is 11.3 Å². The molecule has 2 heterocycles. The Kier molecular flexibility index (Phi) is 3.06. The minimum atomic E-state index is -0.355. The summed E-state index contributed by atoms with van der Waals surface area (Å²) in [6.07, 6.45) is 2.77. The first-order valence-corrected chi connectivity index (χ1v) is 5.42. The summed E-state index contributed by atoms with van der Waals surface area (Å²) in [5.74, 6) is -0.465. The lowest BCUT2D eigenvalue weighted by Gasteiger charge is -2.09. The van der Waals surface area contributed by atoms with Gasteiger partial charge in [0.1, 0.15) is 17.3 Å². The zero-order valence-corrected chi connectivity index (χ0v) is 10.2. The molecular formula is C13H13FN4. The smallest absolute Gasteiger partial charge is 0.145 e. The number of aromatic nitrogens is 2. The zero-order chi connectivity index (χ0) is 13.3. The van der Waals surface area contributed by atoms with E-state index in [0.29, 0.717) is 16.8 Å². The minimum Gasteiger partial charge on any atom is -0.382 e. The van der Waals surface area contributed by atoms with Gasteiger partial charge in [-0.1, -0.05) is 0 Å². The van der Waals surface area contributed by atoms with Gasteiger partial charge in [-0.3, -0.25) is 10.4 Å². The van der Waals surface area contributed by atoms with Crippen molar-refractivity contribution in [3.8, 4) is 11.1 Å². The Hall–Kier alpha value is -2.30. The fourth-order valence-electron chi connectivity index (χ4n) is 1.75. The average Bonchev–Trinajstić information content (AvgIpc) is 2.31. The Morgan fingerprint density at radius 3 is 2.67 bits per heavy atom. The van der Waals surface area contributed by atoms with Crippen LogP contribution in [-0.2, 0) is 0 Å². The molecule has 0 unspecified atom stereocenters. The van der Waals surface area contributed by atoms with Crippen molar-refractivity contribution in [1.82, 2.24) is 9.97 Å². The van der Waals surface area contributed by atoms with Gasteiger partial charge < -0.3 is 5.73 Å². The molecule has 0 atom stereocenters. The fraction of sp³-hybridized carbons (Fsp3) is 0.154. The lowest BCUT2D eigenvalue weighted by Crippen LogP contribution is -2.13. The molecule has 0 bridgehead atoms. The third kappa shape index (κ3) is 2.20. The summed E-state index contributed by atoms with van der Waals surface area (Å²) >= 11 is 0. The number of nitrogens with zero attached hydrogens (tertiary/aromatic N) is 2. The Morgan fingerprint density at radius 2 is 2.00 bits per heavy atom. The van der Waals surface area contributed by atoms with Crippen LogP contribution in [0.3, 0.4) is 0 Å². The molecule has 2 aromatic rings. The first kappa shape index (κ1) is 12.2. The van der Waals surface area contributed by atoms with Gasteiger partial charge in [0.15, 0.2) is 0 Å². The predicted molar refractivity (Wildman–Crippen MR) is 67.9 cm³/mol. The number of nitrogen functional groups attached to an aromatic ring is 1. The summed E-state index contributed by atoms with van der Waals surface area (Å²) in [6, 6.07) is 3.48. The third-order valence-electron chi connectivity index (χ3n) is 2.69. The fourth-order valence-corrected chi connectivity index (χ4v) is 1.75. The molecule has 0 amide bonds. The van der Waals surface area contributed by atoms with Crippen LogP contribution >= 0.6 is 0 Å². The molecule has 92 valence electrons. The first-order valence-electron chi connectivity index (χ1n) is 5.42. The standard InChI is InChI=1S/C13H13FN4/c1-7-3-9(4-12(18-7)13(15)16)10-5-17-6-11(14)8(10)2/h3-6H,1-2H3,(H3,15,16). The number of hydrogen-bond acceptors (Lipinski definition) is 3. The maximum Gasteiger partial charge on any atom is 0.145 e. The summed E-state index contributed by atoms with van der Waals surface area (Å²) in [7, 11) is 0. The van der Waals surface area contributed by atoms with E-state index >= 15 is 0 Å². The molecule has 0 aliphatic rings. The van der Waals surface area contributed by atoms with E-state index in [9.17, 15) is 4.39 Å². The molecule has 0 aliphatic carbocycles. The Morgan fingerprint density at radius 1 is 1.28 bits per heavy atom. The van der Waals surface area contributed by atoms with E-state index in [1.165, 1.54) is 6.20 Å². The van der Waals surface area contributed by atoms with Crippen molar-refractivity contribution in [3.05, 3.63) is 47.3 Å². The van der Waals surface area contributed by atoms with Crippen LogP contribution in [0.15, 0.2) is 24.5 Å². The number of nitrogens with one attached hydrogen (secondary N) is 1. The molecule has 0 aliphatic heterocycles. The van der Waals surface area contributed by atoms with Crippen LogP contribution in [-0.4, -0.2) is 15.8 Å². The highest BCUT2D eigenvalue weighted by atomic mass is 19.1. The number of amidine groups is 1. The van der Waals surface area contributed by atoms with Gasteiger partial charge in [-0.25, -0.2) is 9.37 Å². The average molecular weight is 244 g/mol. The molecule has 0 spiro atoms. The van der Waals surface area contributed by atoms with Crippen LogP contribution in [0.5, 0.6) is 0 Å². The Labute approximate surface area is 104 Å². The number of nitrogens with two attached hydrogens (primary N) is 1. The van der Waals surface area contributed by atoms with Gasteiger partial charge in [0, 0.05) is 17.5 Å².